The summed E-state index contributed by atoms with van der Waals surface area (Å²) in [4.78, 5) is 28.5. The lowest BCUT2D eigenvalue weighted by molar-refractivity contribution is -0.137. The van der Waals surface area contributed by atoms with Gasteiger partial charge in [-0.15, -0.1) is 5.10 Å². The van der Waals surface area contributed by atoms with Gasteiger partial charge in [-0.05, 0) is 30.3 Å². The highest BCUT2D eigenvalue weighted by Gasteiger charge is 2.34. The molecule has 1 fully saturated rings. The number of carbonyl (C=O) groups is 1. The maximum atomic E-state index is 13.5. The van der Waals surface area contributed by atoms with Gasteiger partial charge in [-0.1, -0.05) is 0 Å². The monoisotopic (exact) mass is 449 g/mol. The molecule has 0 unspecified atom stereocenters. The van der Waals surface area contributed by atoms with E-state index in [9.17, 15) is 27.2 Å². The van der Waals surface area contributed by atoms with E-state index < -0.39 is 35.1 Å². The first-order valence-electron chi connectivity index (χ1n) is 9.31. The van der Waals surface area contributed by atoms with Gasteiger partial charge in [0.05, 0.1) is 30.5 Å². The van der Waals surface area contributed by atoms with Gasteiger partial charge in [-0.3, -0.25) is 9.59 Å². The highest BCUT2D eigenvalue weighted by Crippen LogP contribution is 2.33. The maximum absolute atomic E-state index is 13.5. The minimum atomic E-state index is -4.70. The van der Waals surface area contributed by atoms with Gasteiger partial charge in [0.15, 0.2) is 5.69 Å². The fourth-order valence-electron chi connectivity index (χ4n) is 3.14. The van der Waals surface area contributed by atoms with Gasteiger partial charge in [0, 0.05) is 12.3 Å². The number of carbonyl (C=O) groups excluding carboxylic acids is 1. The smallest absolute Gasteiger partial charge is 0.416 e. The van der Waals surface area contributed by atoms with Crippen molar-refractivity contribution in [2.75, 3.05) is 23.3 Å². The van der Waals surface area contributed by atoms with Gasteiger partial charge < -0.3 is 19.9 Å². The van der Waals surface area contributed by atoms with Crippen LogP contribution in [0, 0.1) is 5.82 Å². The number of pyridine rings is 1. The number of rotatable bonds is 5. The number of halogens is 4. The zero-order valence-electron chi connectivity index (χ0n) is 16.2. The number of amides is 1. The Hall–Kier alpha value is -3.96. The van der Waals surface area contributed by atoms with E-state index in [0.717, 1.165) is 12.1 Å². The fourth-order valence-corrected chi connectivity index (χ4v) is 3.14. The van der Waals surface area contributed by atoms with Gasteiger partial charge in [-0.25, -0.2) is 4.39 Å². The lowest BCUT2D eigenvalue weighted by Gasteiger charge is -2.41. The minimum absolute atomic E-state index is 0.0329. The van der Waals surface area contributed by atoms with Crippen LogP contribution in [0.5, 0.6) is 5.75 Å². The Bertz CT molecular complexity index is 1210. The first kappa shape index (κ1) is 21.3. The van der Waals surface area contributed by atoms with Crippen molar-refractivity contribution in [3.63, 3.8) is 0 Å². The molecule has 0 spiro atoms. The van der Waals surface area contributed by atoms with Gasteiger partial charge >= 0.3 is 6.18 Å². The Morgan fingerprint density at radius 3 is 2.72 bits per heavy atom. The number of alkyl halides is 3. The molecule has 2 N–H and O–H groups in total. The molecule has 0 saturated carbocycles. The van der Waals surface area contributed by atoms with Crippen LogP contribution < -0.4 is 20.5 Å². The lowest BCUT2D eigenvalue weighted by Crippen LogP contribution is -2.54. The third kappa shape index (κ3) is 4.53. The van der Waals surface area contributed by atoms with Gasteiger partial charge in [-0.2, -0.15) is 18.3 Å². The topological polar surface area (TPSA) is 100 Å². The Kier molecular flexibility index (Phi) is 5.51. The molecule has 0 bridgehead atoms. The zero-order chi connectivity index (χ0) is 22.9. The number of ether oxygens (including phenoxy) is 1. The quantitative estimate of drug-likeness (QED) is 0.581. The molecule has 1 aromatic carbocycles. The largest absolute Gasteiger partial charge is 0.487 e. The second kappa shape index (κ2) is 8.29. The molecule has 12 heteroatoms. The fraction of sp³-hybridized carbons (Fsp3) is 0.200. The molecule has 2 aromatic heterocycles. The van der Waals surface area contributed by atoms with E-state index in [1.807, 2.05) is 0 Å². The number of anilines is 2. The van der Waals surface area contributed by atoms with Crippen LogP contribution in [0.15, 0.2) is 53.6 Å². The van der Waals surface area contributed by atoms with E-state index in [0.29, 0.717) is 11.8 Å². The van der Waals surface area contributed by atoms with Crippen LogP contribution >= 0.6 is 0 Å². The second-order valence-electron chi connectivity index (χ2n) is 6.95. The minimum Gasteiger partial charge on any atom is -0.487 e. The molecule has 3 heterocycles. The third-order valence-electron chi connectivity index (χ3n) is 4.67. The lowest BCUT2D eigenvalue weighted by atomic mass is 10.1. The van der Waals surface area contributed by atoms with Crippen molar-refractivity contribution >= 4 is 17.3 Å². The molecule has 1 saturated heterocycles. The summed E-state index contributed by atoms with van der Waals surface area (Å²) < 4.78 is 57.6. The molecule has 4 rings (SSSR count). The van der Waals surface area contributed by atoms with Crippen molar-refractivity contribution in [1.82, 2.24) is 15.2 Å². The van der Waals surface area contributed by atoms with Crippen molar-refractivity contribution in [2.24, 2.45) is 0 Å². The van der Waals surface area contributed by atoms with Crippen molar-refractivity contribution in [1.29, 1.82) is 0 Å². The molecule has 3 aromatic rings. The van der Waals surface area contributed by atoms with Crippen molar-refractivity contribution in [3.8, 4) is 5.75 Å². The van der Waals surface area contributed by atoms with Crippen LogP contribution in [0.1, 0.15) is 16.1 Å². The summed E-state index contributed by atoms with van der Waals surface area (Å²) in [6.07, 6.45) is -2.43. The standard InChI is InChI=1S/C20H15F4N5O3/c21-12-6-11(20(22,23)24)7-13(8-12)32-14-9-29(10-14)16-3-5-26-28-17(16)19(31)27-15-2-1-4-25-18(15)30/h1-8,14H,9-10H2,(H,25,30)(H,27,31). The van der Waals surface area contributed by atoms with E-state index >= 15 is 0 Å². The molecule has 0 radical (unpaired) electrons. The molecule has 1 aliphatic rings. The summed E-state index contributed by atoms with van der Waals surface area (Å²) in [6, 6.07) is 6.51. The molecule has 8 nitrogen and oxygen atoms in total. The molecular weight excluding hydrogens is 434 g/mol. The van der Waals surface area contributed by atoms with Crippen molar-refractivity contribution in [2.45, 2.75) is 12.3 Å². The van der Waals surface area contributed by atoms with Crippen LogP contribution in [0.4, 0.5) is 28.9 Å². The van der Waals surface area contributed by atoms with E-state index in [-0.39, 0.29) is 30.2 Å². The molecular formula is C20H15F4N5O3. The van der Waals surface area contributed by atoms with Crippen LogP contribution in [0.2, 0.25) is 0 Å². The predicted molar refractivity (Wildman–Crippen MR) is 105 cm³/mol. The summed E-state index contributed by atoms with van der Waals surface area (Å²) >= 11 is 0. The van der Waals surface area contributed by atoms with E-state index in [1.54, 1.807) is 11.0 Å². The summed E-state index contributed by atoms with van der Waals surface area (Å²) in [5, 5.41) is 9.99. The molecule has 0 aliphatic carbocycles. The number of H-pyrrole nitrogens is 1. The first-order chi connectivity index (χ1) is 15.2. The Balaban J connectivity index is 1.45. The Morgan fingerprint density at radius 1 is 1.22 bits per heavy atom. The number of hydrogen-bond acceptors (Lipinski definition) is 6. The number of nitrogens with one attached hydrogen (secondary N) is 2. The summed E-state index contributed by atoms with van der Waals surface area (Å²) in [5.41, 5.74) is -1.24. The number of benzene rings is 1. The van der Waals surface area contributed by atoms with Gasteiger partial charge in [0.25, 0.3) is 11.5 Å². The average Bonchev–Trinajstić information content (AvgIpc) is 2.71. The Labute approximate surface area is 177 Å². The zero-order valence-corrected chi connectivity index (χ0v) is 16.2. The summed E-state index contributed by atoms with van der Waals surface area (Å²) in [7, 11) is 0. The number of aromatic amines is 1. The van der Waals surface area contributed by atoms with Crippen LogP contribution in [-0.2, 0) is 6.18 Å². The SMILES string of the molecule is O=C(Nc1ccc[nH]c1=O)c1nnccc1N1CC(Oc2cc(F)cc(C(F)(F)F)c2)C1. The van der Waals surface area contributed by atoms with Crippen LogP contribution in [-0.4, -0.2) is 40.3 Å². The highest BCUT2D eigenvalue weighted by molar-refractivity contribution is 6.06. The van der Waals surface area contributed by atoms with E-state index in [2.05, 4.69) is 20.5 Å². The highest BCUT2D eigenvalue weighted by atomic mass is 19.4. The Morgan fingerprint density at radius 2 is 2.00 bits per heavy atom. The number of aromatic nitrogens is 3. The molecule has 166 valence electrons. The van der Waals surface area contributed by atoms with Gasteiger partial charge in [0.2, 0.25) is 0 Å². The van der Waals surface area contributed by atoms with Crippen LogP contribution in [0.25, 0.3) is 0 Å². The van der Waals surface area contributed by atoms with Crippen molar-refractivity contribution < 1.29 is 27.1 Å². The van der Waals surface area contributed by atoms with Crippen molar-refractivity contribution in [3.05, 3.63) is 76.2 Å². The molecule has 1 amide bonds. The van der Waals surface area contributed by atoms with Gasteiger partial charge in [0.1, 0.15) is 23.4 Å². The van der Waals surface area contributed by atoms with E-state index in [4.69, 9.17) is 4.74 Å². The third-order valence-corrected chi connectivity index (χ3v) is 4.67. The molecule has 1 aliphatic heterocycles. The number of nitrogens with zero attached hydrogens (tertiary/aromatic N) is 3. The first-order valence-corrected chi connectivity index (χ1v) is 9.31. The predicted octanol–water partition coefficient (Wildman–Crippen LogP) is 2.84. The summed E-state index contributed by atoms with van der Waals surface area (Å²) in [5.74, 6) is -1.95. The van der Waals surface area contributed by atoms with E-state index in [1.165, 1.54) is 24.5 Å². The molecule has 0 atom stereocenters. The normalized spacial score (nSPS) is 14.1. The maximum Gasteiger partial charge on any atom is 0.416 e. The second-order valence-corrected chi connectivity index (χ2v) is 6.95. The van der Waals surface area contributed by atoms with Crippen LogP contribution in [0.3, 0.4) is 0 Å². The number of hydrogen-bond donors (Lipinski definition) is 2. The summed E-state index contributed by atoms with van der Waals surface area (Å²) in [6.45, 7) is 0.436. The molecule has 32 heavy (non-hydrogen) atoms. The average molecular weight is 449 g/mol.